The van der Waals surface area contributed by atoms with Crippen LogP contribution < -0.4 is 10.5 Å². The highest BCUT2D eigenvalue weighted by Crippen LogP contribution is 2.28. The van der Waals surface area contributed by atoms with Gasteiger partial charge in [0.05, 0.1) is 18.5 Å². The monoisotopic (exact) mass is 259 g/mol. The largest absolute Gasteiger partial charge is 0.497 e. The first-order valence-electron chi connectivity index (χ1n) is 5.62. The van der Waals surface area contributed by atoms with E-state index >= 15 is 0 Å². The minimum Gasteiger partial charge on any atom is -0.497 e. The Balaban J connectivity index is 2.14. The second-order valence-corrected chi connectivity index (χ2v) is 4.78. The third-order valence-electron chi connectivity index (χ3n) is 2.83. The first-order valence-corrected chi connectivity index (χ1v) is 6.49. The van der Waals surface area contributed by atoms with Gasteiger partial charge in [-0.15, -0.1) is 11.3 Å². The van der Waals surface area contributed by atoms with Crippen molar-refractivity contribution in [2.45, 2.75) is 6.54 Å². The van der Waals surface area contributed by atoms with Crippen LogP contribution in [0, 0.1) is 0 Å². The average Bonchev–Trinajstić information content (AvgIpc) is 2.98. The summed E-state index contributed by atoms with van der Waals surface area (Å²) in [6.07, 6.45) is 1.99. The van der Waals surface area contributed by atoms with Crippen LogP contribution in [-0.2, 0) is 6.54 Å². The lowest BCUT2D eigenvalue weighted by Crippen LogP contribution is -1.95. The van der Waals surface area contributed by atoms with Gasteiger partial charge in [-0.25, -0.2) is 4.98 Å². The number of nitrogens with two attached hydrogens (primary N) is 1. The molecule has 0 aliphatic rings. The first-order chi connectivity index (χ1) is 8.81. The molecule has 0 spiro atoms. The first kappa shape index (κ1) is 11.3. The number of imidazole rings is 1. The molecular weight excluding hydrogens is 246 g/mol. The number of fused-ring (bicyclic) bond motifs is 1. The number of methoxy groups -OCH3 is 1. The average molecular weight is 259 g/mol. The van der Waals surface area contributed by atoms with Gasteiger partial charge in [0.15, 0.2) is 4.96 Å². The third kappa shape index (κ3) is 1.77. The van der Waals surface area contributed by atoms with E-state index in [0.29, 0.717) is 6.54 Å². The molecule has 2 heterocycles. The van der Waals surface area contributed by atoms with Crippen LogP contribution in [0.3, 0.4) is 0 Å². The van der Waals surface area contributed by atoms with Gasteiger partial charge in [-0.05, 0) is 12.1 Å². The van der Waals surface area contributed by atoms with Gasteiger partial charge in [-0.3, -0.25) is 4.40 Å². The summed E-state index contributed by atoms with van der Waals surface area (Å²) in [4.78, 5) is 5.41. The van der Waals surface area contributed by atoms with E-state index < -0.39 is 0 Å². The number of thiazole rings is 1. The number of nitrogens with zero attached hydrogens (tertiary/aromatic N) is 2. The van der Waals surface area contributed by atoms with Gasteiger partial charge in [0.25, 0.3) is 0 Å². The van der Waals surface area contributed by atoms with E-state index in [1.807, 2.05) is 24.4 Å². The lowest BCUT2D eigenvalue weighted by Gasteiger charge is -2.03. The van der Waals surface area contributed by atoms with Crippen LogP contribution >= 0.6 is 11.3 Å². The van der Waals surface area contributed by atoms with Crippen molar-refractivity contribution >= 4 is 16.3 Å². The molecule has 0 atom stereocenters. The number of hydrogen-bond donors (Lipinski definition) is 1. The molecule has 0 unspecified atom stereocenters. The van der Waals surface area contributed by atoms with Gasteiger partial charge in [0.2, 0.25) is 0 Å². The van der Waals surface area contributed by atoms with Crippen LogP contribution in [0.15, 0.2) is 35.8 Å². The van der Waals surface area contributed by atoms with Crippen LogP contribution in [0.2, 0.25) is 0 Å². The summed E-state index contributed by atoms with van der Waals surface area (Å²) in [6, 6.07) is 8.00. The molecular formula is C13H13N3OS. The second kappa shape index (κ2) is 4.44. The Hall–Kier alpha value is -1.85. The molecule has 0 saturated carbocycles. The predicted octanol–water partition coefficient (Wildman–Crippen LogP) is 2.53. The zero-order chi connectivity index (χ0) is 12.5. The van der Waals surface area contributed by atoms with E-state index in [1.54, 1.807) is 18.4 Å². The minimum atomic E-state index is 0.464. The molecule has 2 N–H and O–H groups in total. The van der Waals surface area contributed by atoms with Gasteiger partial charge in [0, 0.05) is 23.7 Å². The van der Waals surface area contributed by atoms with Crippen LogP contribution in [-0.4, -0.2) is 16.5 Å². The standard InChI is InChI=1S/C13H13N3OS/c1-17-11-4-2-3-9(5-11)12-8-18-13-15-10(6-14)7-16(12)13/h2-5,7-8H,6,14H2,1H3. The summed E-state index contributed by atoms with van der Waals surface area (Å²) in [5, 5.41) is 2.09. The molecule has 0 aliphatic heterocycles. The zero-order valence-corrected chi connectivity index (χ0v) is 10.8. The Bertz CT molecular complexity index is 686. The van der Waals surface area contributed by atoms with Gasteiger partial charge < -0.3 is 10.5 Å². The fraction of sp³-hybridized carbons (Fsp3) is 0.154. The molecule has 2 aromatic heterocycles. The second-order valence-electron chi connectivity index (χ2n) is 3.94. The SMILES string of the molecule is COc1cccc(-c2csc3nc(CN)cn23)c1. The highest BCUT2D eigenvalue weighted by molar-refractivity contribution is 7.15. The Morgan fingerprint density at radius 3 is 3.11 bits per heavy atom. The summed E-state index contributed by atoms with van der Waals surface area (Å²) in [6.45, 7) is 0.464. The smallest absolute Gasteiger partial charge is 0.194 e. The van der Waals surface area contributed by atoms with Crippen molar-refractivity contribution in [3.63, 3.8) is 0 Å². The van der Waals surface area contributed by atoms with E-state index in [0.717, 1.165) is 27.7 Å². The maximum Gasteiger partial charge on any atom is 0.194 e. The van der Waals surface area contributed by atoms with E-state index in [1.165, 1.54) is 0 Å². The van der Waals surface area contributed by atoms with Crippen molar-refractivity contribution in [3.05, 3.63) is 41.5 Å². The lowest BCUT2D eigenvalue weighted by atomic mass is 10.1. The lowest BCUT2D eigenvalue weighted by molar-refractivity contribution is 0.415. The van der Waals surface area contributed by atoms with E-state index in [2.05, 4.69) is 20.8 Å². The highest BCUT2D eigenvalue weighted by Gasteiger charge is 2.09. The molecule has 3 rings (SSSR count). The van der Waals surface area contributed by atoms with Crippen molar-refractivity contribution in [1.29, 1.82) is 0 Å². The molecule has 0 aliphatic carbocycles. The quantitative estimate of drug-likeness (QED) is 0.786. The highest BCUT2D eigenvalue weighted by atomic mass is 32.1. The molecule has 0 bridgehead atoms. The van der Waals surface area contributed by atoms with Crippen molar-refractivity contribution < 1.29 is 4.74 Å². The molecule has 4 nitrogen and oxygen atoms in total. The maximum atomic E-state index is 5.62. The van der Waals surface area contributed by atoms with E-state index in [9.17, 15) is 0 Å². The number of ether oxygens (including phenoxy) is 1. The number of rotatable bonds is 3. The Kier molecular flexibility index (Phi) is 2.77. The van der Waals surface area contributed by atoms with Crippen molar-refractivity contribution in [3.8, 4) is 17.0 Å². The minimum absolute atomic E-state index is 0.464. The van der Waals surface area contributed by atoms with Gasteiger partial charge in [0.1, 0.15) is 5.75 Å². The van der Waals surface area contributed by atoms with Crippen LogP contribution in [0.5, 0.6) is 5.75 Å². The molecule has 92 valence electrons. The van der Waals surface area contributed by atoms with Crippen LogP contribution in [0.4, 0.5) is 0 Å². The Morgan fingerprint density at radius 2 is 2.33 bits per heavy atom. The molecule has 1 aromatic carbocycles. The topological polar surface area (TPSA) is 52.5 Å². The summed E-state index contributed by atoms with van der Waals surface area (Å²) < 4.78 is 7.32. The number of benzene rings is 1. The Morgan fingerprint density at radius 1 is 1.44 bits per heavy atom. The molecule has 18 heavy (non-hydrogen) atoms. The molecule has 3 aromatic rings. The predicted molar refractivity (Wildman–Crippen MR) is 72.9 cm³/mol. The zero-order valence-electron chi connectivity index (χ0n) is 9.96. The van der Waals surface area contributed by atoms with Crippen molar-refractivity contribution in [2.75, 3.05) is 7.11 Å². The van der Waals surface area contributed by atoms with Gasteiger partial charge in [-0.2, -0.15) is 0 Å². The normalized spacial score (nSPS) is 11.0. The summed E-state index contributed by atoms with van der Waals surface area (Å²) in [7, 11) is 1.67. The summed E-state index contributed by atoms with van der Waals surface area (Å²) >= 11 is 1.61. The number of hydrogen-bond acceptors (Lipinski definition) is 4. The van der Waals surface area contributed by atoms with Crippen molar-refractivity contribution in [2.24, 2.45) is 5.73 Å². The Labute approximate surface area is 109 Å². The summed E-state index contributed by atoms with van der Waals surface area (Å²) in [5.41, 5.74) is 8.75. The third-order valence-corrected chi connectivity index (χ3v) is 3.67. The van der Waals surface area contributed by atoms with Crippen LogP contribution in [0.1, 0.15) is 5.69 Å². The molecule has 0 fully saturated rings. The number of aromatic nitrogens is 2. The molecule has 0 saturated heterocycles. The fourth-order valence-corrected chi connectivity index (χ4v) is 2.82. The molecule has 0 radical (unpaired) electrons. The maximum absolute atomic E-state index is 5.62. The fourth-order valence-electron chi connectivity index (χ4n) is 1.92. The molecule has 0 amide bonds. The van der Waals surface area contributed by atoms with Gasteiger partial charge in [-0.1, -0.05) is 12.1 Å². The van der Waals surface area contributed by atoms with Crippen molar-refractivity contribution in [1.82, 2.24) is 9.38 Å². The van der Waals surface area contributed by atoms with E-state index in [-0.39, 0.29) is 0 Å². The van der Waals surface area contributed by atoms with Crippen LogP contribution in [0.25, 0.3) is 16.2 Å². The summed E-state index contributed by atoms with van der Waals surface area (Å²) in [5.74, 6) is 0.853. The molecule has 5 heteroatoms. The van der Waals surface area contributed by atoms with Gasteiger partial charge >= 0.3 is 0 Å². The van der Waals surface area contributed by atoms with E-state index in [4.69, 9.17) is 10.5 Å².